The summed E-state index contributed by atoms with van der Waals surface area (Å²) in [6.07, 6.45) is 1.59. The molecule has 1 heterocycles. The van der Waals surface area contributed by atoms with Crippen LogP contribution in [-0.2, 0) is 14.3 Å². The molecule has 0 atom stereocenters. The summed E-state index contributed by atoms with van der Waals surface area (Å²) in [7, 11) is 0. The number of benzene rings is 1. The highest BCUT2D eigenvalue weighted by Crippen LogP contribution is 2.36. The van der Waals surface area contributed by atoms with Crippen molar-refractivity contribution >= 4 is 35.1 Å². The van der Waals surface area contributed by atoms with E-state index in [1.54, 1.807) is 11.0 Å². The first-order chi connectivity index (χ1) is 10.5. The minimum atomic E-state index is -1.08. The van der Waals surface area contributed by atoms with Crippen molar-refractivity contribution in [1.82, 2.24) is 4.90 Å². The second kappa shape index (κ2) is 7.81. The molecule has 5 nitrogen and oxygen atoms in total. The van der Waals surface area contributed by atoms with Gasteiger partial charge in [0.25, 0.3) is 0 Å². The first-order valence-electron chi connectivity index (χ1n) is 7.00. The average molecular weight is 346 g/mol. The molecule has 7 heteroatoms. The van der Waals surface area contributed by atoms with Crippen molar-refractivity contribution in [3.05, 3.63) is 33.8 Å². The van der Waals surface area contributed by atoms with Gasteiger partial charge in [0.05, 0.1) is 10.0 Å². The fourth-order valence-electron chi connectivity index (χ4n) is 2.59. The summed E-state index contributed by atoms with van der Waals surface area (Å²) in [5, 5.41) is 9.60. The Bertz CT molecular complexity index is 556. The number of hydrogen-bond donors (Lipinski definition) is 1. The van der Waals surface area contributed by atoms with Gasteiger partial charge in [-0.15, -0.1) is 0 Å². The van der Waals surface area contributed by atoms with E-state index in [1.165, 1.54) is 0 Å². The molecule has 1 saturated heterocycles. The Balaban J connectivity index is 1.86. The zero-order chi connectivity index (χ0) is 16.1. The molecule has 1 N–H and O–H groups in total. The molecule has 0 bridgehead atoms. The zero-order valence-corrected chi connectivity index (χ0v) is 13.4. The standard InChI is InChI=1S/C15H17Cl2NO4/c16-12-3-1-2-11(15(12)17)10-4-6-18(7-5-10)13(19)8-22-9-14(20)21/h1-3,10H,4-9H2,(H,20,21). The third kappa shape index (κ3) is 4.35. The molecule has 0 unspecified atom stereocenters. The maximum atomic E-state index is 11.9. The van der Waals surface area contributed by atoms with Crippen molar-refractivity contribution < 1.29 is 19.4 Å². The normalized spacial score (nSPS) is 15.8. The van der Waals surface area contributed by atoms with Gasteiger partial charge in [-0.25, -0.2) is 4.79 Å². The molecule has 1 amide bonds. The third-order valence-corrected chi connectivity index (χ3v) is 4.55. The number of ether oxygens (including phenoxy) is 1. The van der Waals surface area contributed by atoms with Crippen molar-refractivity contribution in [2.24, 2.45) is 0 Å². The Labute approximate surface area is 138 Å². The predicted molar refractivity (Wildman–Crippen MR) is 83.5 cm³/mol. The van der Waals surface area contributed by atoms with Gasteiger partial charge < -0.3 is 14.7 Å². The van der Waals surface area contributed by atoms with Crippen LogP contribution in [0.4, 0.5) is 0 Å². The van der Waals surface area contributed by atoms with Crippen LogP contribution in [0.15, 0.2) is 18.2 Å². The molecule has 2 rings (SSSR count). The van der Waals surface area contributed by atoms with Gasteiger partial charge in [-0.2, -0.15) is 0 Å². The van der Waals surface area contributed by atoms with E-state index in [-0.39, 0.29) is 18.4 Å². The van der Waals surface area contributed by atoms with Gasteiger partial charge in [-0.3, -0.25) is 4.79 Å². The number of carbonyl (C=O) groups excluding carboxylic acids is 1. The third-order valence-electron chi connectivity index (χ3n) is 3.72. The number of likely N-dealkylation sites (tertiary alicyclic amines) is 1. The Morgan fingerprint density at radius 2 is 1.91 bits per heavy atom. The second-order valence-corrected chi connectivity index (χ2v) is 5.97. The molecule has 0 aromatic heterocycles. The summed E-state index contributed by atoms with van der Waals surface area (Å²) in [6.45, 7) is 0.542. The molecule has 120 valence electrons. The van der Waals surface area contributed by atoms with Crippen molar-refractivity contribution in [3.63, 3.8) is 0 Å². The molecule has 1 aliphatic heterocycles. The summed E-state index contributed by atoms with van der Waals surface area (Å²) >= 11 is 12.3. The highest BCUT2D eigenvalue weighted by molar-refractivity contribution is 6.42. The van der Waals surface area contributed by atoms with E-state index in [0.29, 0.717) is 23.1 Å². The van der Waals surface area contributed by atoms with Crippen LogP contribution in [0.2, 0.25) is 10.0 Å². The van der Waals surface area contributed by atoms with E-state index in [0.717, 1.165) is 18.4 Å². The molecular weight excluding hydrogens is 329 g/mol. The number of halogens is 2. The Hall–Kier alpha value is -1.30. The molecular formula is C15H17Cl2NO4. The van der Waals surface area contributed by atoms with Crippen molar-refractivity contribution in [1.29, 1.82) is 0 Å². The molecule has 0 aliphatic carbocycles. The van der Waals surface area contributed by atoms with Crippen LogP contribution in [0.25, 0.3) is 0 Å². The SMILES string of the molecule is O=C(O)COCC(=O)N1CCC(c2cccc(Cl)c2Cl)CC1. The fraction of sp³-hybridized carbons (Fsp3) is 0.467. The maximum Gasteiger partial charge on any atom is 0.329 e. The summed E-state index contributed by atoms with van der Waals surface area (Å²) in [6, 6.07) is 5.60. The fourth-order valence-corrected chi connectivity index (χ4v) is 3.05. The highest BCUT2D eigenvalue weighted by Gasteiger charge is 2.25. The van der Waals surface area contributed by atoms with Crippen LogP contribution < -0.4 is 0 Å². The number of rotatable bonds is 5. The first-order valence-corrected chi connectivity index (χ1v) is 7.76. The topological polar surface area (TPSA) is 66.8 Å². The lowest BCUT2D eigenvalue weighted by atomic mass is 9.89. The lowest BCUT2D eigenvalue weighted by Gasteiger charge is -2.32. The van der Waals surface area contributed by atoms with E-state index in [2.05, 4.69) is 0 Å². The number of hydrogen-bond acceptors (Lipinski definition) is 3. The Kier molecular flexibility index (Phi) is 6.06. The average Bonchev–Trinajstić information content (AvgIpc) is 2.50. The summed E-state index contributed by atoms with van der Waals surface area (Å²) in [5.74, 6) is -0.991. The summed E-state index contributed by atoms with van der Waals surface area (Å²) in [4.78, 5) is 23.9. The minimum absolute atomic E-state index is 0.183. The van der Waals surface area contributed by atoms with Gasteiger partial charge >= 0.3 is 5.97 Å². The Morgan fingerprint density at radius 3 is 2.55 bits per heavy atom. The van der Waals surface area contributed by atoms with Crippen molar-refractivity contribution in [2.45, 2.75) is 18.8 Å². The second-order valence-electron chi connectivity index (χ2n) is 5.18. The molecule has 1 fully saturated rings. The van der Waals surface area contributed by atoms with E-state index >= 15 is 0 Å². The molecule has 22 heavy (non-hydrogen) atoms. The number of piperidine rings is 1. The summed E-state index contributed by atoms with van der Waals surface area (Å²) in [5.41, 5.74) is 1.02. The molecule has 1 aliphatic rings. The number of aliphatic carboxylic acids is 1. The smallest absolute Gasteiger partial charge is 0.329 e. The molecule has 1 aromatic carbocycles. The van der Waals surface area contributed by atoms with Gasteiger partial charge in [-0.05, 0) is 30.4 Å². The van der Waals surface area contributed by atoms with Crippen molar-refractivity contribution in [2.75, 3.05) is 26.3 Å². The van der Waals surface area contributed by atoms with Gasteiger partial charge in [0, 0.05) is 13.1 Å². The zero-order valence-electron chi connectivity index (χ0n) is 11.9. The quantitative estimate of drug-likeness (QED) is 0.890. The molecule has 1 aromatic rings. The van der Waals surface area contributed by atoms with Crippen LogP contribution in [-0.4, -0.2) is 48.2 Å². The molecule has 0 radical (unpaired) electrons. The number of carboxylic acid groups (broad SMARTS) is 1. The minimum Gasteiger partial charge on any atom is -0.480 e. The predicted octanol–water partition coefficient (Wildman–Crippen LogP) is 2.80. The van der Waals surface area contributed by atoms with E-state index in [4.69, 9.17) is 33.0 Å². The largest absolute Gasteiger partial charge is 0.480 e. The van der Waals surface area contributed by atoms with E-state index in [9.17, 15) is 9.59 Å². The lowest BCUT2D eigenvalue weighted by Crippen LogP contribution is -2.40. The van der Waals surface area contributed by atoms with E-state index in [1.807, 2.05) is 12.1 Å². The highest BCUT2D eigenvalue weighted by atomic mass is 35.5. The summed E-state index contributed by atoms with van der Waals surface area (Å²) < 4.78 is 4.83. The molecule has 0 saturated carbocycles. The van der Waals surface area contributed by atoms with Gasteiger partial charge in [0.1, 0.15) is 13.2 Å². The maximum absolute atomic E-state index is 11.9. The van der Waals surface area contributed by atoms with Gasteiger partial charge in [-0.1, -0.05) is 35.3 Å². The lowest BCUT2D eigenvalue weighted by molar-refractivity contribution is -0.146. The number of carboxylic acids is 1. The van der Waals surface area contributed by atoms with Gasteiger partial charge in [0.15, 0.2) is 0 Å². The van der Waals surface area contributed by atoms with Gasteiger partial charge in [0.2, 0.25) is 5.91 Å². The number of nitrogens with zero attached hydrogens (tertiary/aromatic N) is 1. The monoisotopic (exact) mass is 345 g/mol. The Morgan fingerprint density at radius 1 is 1.23 bits per heavy atom. The van der Waals surface area contributed by atoms with E-state index < -0.39 is 12.6 Å². The first kappa shape index (κ1) is 17.1. The van der Waals surface area contributed by atoms with Crippen LogP contribution >= 0.6 is 23.2 Å². The van der Waals surface area contributed by atoms with Crippen LogP contribution in [0.3, 0.4) is 0 Å². The van der Waals surface area contributed by atoms with Crippen molar-refractivity contribution in [3.8, 4) is 0 Å². The number of amides is 1. The molecule has 0 spiro atoms. The van der Waals surface area contributed by atoms with Crippen LogP contribution in [0.5, 0.6) is 0 Å². The van der Waals surface area contributed by atoms with Crippen LogP contribution in [0.1, 0.15) is 24.3 Å². The number of carbonyl (C=O) groups is 2. The van der Waals surface area contributed by atoms with Crippen LogP contribution in [0, 0.1) is 0 Å².